The Labute approximate surface area is 104 Å². The fourth-order valence-electron chi connectivity index (χ4n) is 1.60. The van der Waals surface area contributed by atoms with Crippen LogP contribution < -0.4 is 5.32 Å². The first-order chi connectivity index (χ1) is 8.65. The minimum absolute atomic E-state index is 0.0656. The van der Waals surface area contributed by atoms with Crippen LogP contribution in [0.2, 0.25) is 0 Å². The quantitative estimate of drug-likeness (QED) is 0.870. The molecule has 2 aromatic rings. The van der Waals surface area contributed by atoms with Crippen molar-refractivity contribution < 1.29 is 9.18 Å². The molecule has 0 spiro atoms. The number of aromatic nitrogens is 2. The molecule has 0 aliphatic carbocycles. The van der Waals surface area contributed by atoms with E-state index in [1.807, 2.05) is 18.2 Å². The van der Waals surface area contributed by atoms with Gasteiger partial charge in [-0.1, -0.05) is 30.3 Å². The smallest absolute Gasteiger partial charge is 0.260 e. The van der Waals surface area contributed by atoms with Crippen LogP contribution in [0.4, 0.5) is 10.2 Å². The summed E-state index contributed by atoms with van der Waals surface area (Å²) in [6, 6.07) is 10.7. The highest BCUT2D eigenvalue weighted by Gasteiger charge is 2.18. The average molecular weight is 247 g/mol. The Hall–Kier alpha value is -2.17. The second-order valence-electron chi connectivity index (χ2n) is 4.08. The van der Waals surface area contributed by atoms with Crippen LogP contribution >= 0.6 is 0 Å². The van der Waals surface area contributed by atoms with Gasteiger partial charge in [-0.15, -0.1) is 0 Å². The first-order valence-corrected chi connectivity index (χ1v) is 5.66. The molecule has 1 aromatic heterocycles. The number of hydrogen-bond acceptors (Lipinski definition) is 2. The van der Waals surface area contributed by atoms with Gasteiger partial charge in [-0.2, -0.15) is 5.10 Å². The summed E-state index contributed by atoms with van der Waals surface area (Å²) in [5, 5.41) is 8.92. The molecule has 94 valence electrons. The molecular formula is C13H14FN3O. The molecule has 0 fully saturated rings. The molecule has 0 radical (unpaired) electrons. The summed E-state index contributed by atoms with van der Waals surface area (Å²) in [6.07, 6.45) is -1.51. The Bertz CT molecular complexity index is 524. The number of nitrogens with zero attached hydrogens (tertiary/aromatic N) is 1. The molecule has 1 atom stereocenters. The van der Waals surface area contributed by atoms with Crippen molar-refractivity contribution in [3.8, 4) is 0 Å². The van der Waals surface area contributed by atoms with Crippen molar-refractivity contribution in [1.29, 1.82) is 0 Å². The van der Waals surface area contributed by atoms with Crippen LogP contribution in [0, 0.1) is 6.92 Å². The molecule has 2 N–H and O–H groups in total. The van der Waals surface area contributed by atoms with E-state index in [-0.39, 0.29) is 6.42 Å². The Morgan fingerprint density at radius 3 is 2.78 bits per heavy atom. The summed E-state index contributed by atoms with van der Waals surface area (Å²) in [6.45, 7) is 1.81. The molecule has 5 heteroatoms. The molecule has 1 amide bonds. The lowest BCUT2D eigenvalue weighted by Crippen LogP contribution is -2.26. The van der Waals surface area contributed by atoms with Crippen LogP contribution in [0.15, 0.2) is 36.4 Å². The Kier molecular flexibility index (Phi) is 3.72. The van der Waals surface area contributed by atoms with Crippen LogP contribution in [0.1, 0.15) is 11.3 Å². The van der Waals surface area contributed by atoms with E-state index < -0.39 is 12.1 Å². The SMILES string of the molecule is Cc1cc(NC(=O)C(F)Cc2ccccc2)n[nH]1. The fraction of sp³-hybridized carbons (Fsp3) is 0.231. The number of hydrogen-bond donors (Lipinski definition) is 2. The zero-order chi connectivity index (χ0) is 13.0. The van der Waals surface area contributed by atoms with E-state index in [1.165, 1.54) is 0 Å². The van der Waals surface area contributed by atoms with Crippen LogP contribution in [-0.2, 0) is 11.2 Å². The predicted octanol–water partition coefficient (Wildman–Crippen LogP) is 2.24. The average Bonchev–Trinajstić information content (AvgIpc) is 2.76. The van der Waals surface area contributed by atoms with E-state index in [4.69, 9.17) is 0 Å². The summed E-state index contributed by atoms with van der Waals surface area (Å²) in [5.41, 5.74) is 1.60. The van der Waals surface area contributed by atoms with Gasteiger partial charge in [-0.3, -0.25) is 9.89 Å². The maximum absolute atomic E-state index is 13.7. The second kappa shape index (κ2) is 5.44. The van der Waals surface area contributed by atoms with E-state index in [2.05, 4.69) is 15.5 Å². The van der Waals surface area contributed by atoms with Crippen molar-refractivity contribution in [2.75, 3.05) is 5.32 Å². The van der Waals surface area contributed by atoms with E-state index in [1.54, 1.807) is 25.1 Å². The monoisotopic (exact) mass is 247 g/mol. The van der Waals surface area contributed by atoms with Crippen molar-refractivity contribution in [1.82, 2.24) is 10.2 Å². The number of amides is 1. The van der Waals surface area contributed by atoms with Gasteiger partial charge in [0.25, 0.3) is 5.91 Å². The van der Waals surface area contributed by atoms with Gasteiger partial charge in [0.1, 0.15) is 0 Å². The molecule has 1 aromatic carbocycles. The lowest BCUT2D eigenvalue weighted by atomic mass is 10.1. The van der Waals surface area contributed by atoms with Crippen LogP contribution in [-0.4, -0.2) is 22.3 Å². The number of anilines is 1. The first kappa shape index (κ1) is 12.3. The summed E-state index contributed by atoms with van der Waals surface area (Å²) in [4.78, 5) is 11.6. The number of H-pyrrole nitrogens is 1. The first-order valence-electron chi connectivity index (χ1n) is 5.66. The minimum atomic E-state index is -1.58. The minimum Gasteiger partial charge on any atom is -0.307 e. The van der Waals surface area contributed by atoms with E-state index in [0.29, 0.717) is 5.82 Å². The Morgan fingerprint density at radius 2 is 2.17 bits per heavy atom. The van der Waals surface area contributed by atoms with Crippen LogP contribution in [0.3, 0.4) is 0 Å². The fourth-order valence-corrected chi connectivity index (χ4v) is 1.60. The summed E-state index contributed by atoms with van der Waals surface area (Å²) >= 11 is 0. The van der Waals surface area contributed by atoms with E-state index in [0.717, 1.165) is 11.3 Å². The van der Waals surface area contributed by atoms with Crippen LogP contribution in [0.25, 0.3) is 0 Å². The Morgan fingerprint density at radius 1 is 1.44 bits per heavy atom. The summed E-state index contributed by atoms with van der Waals surface area (Å²) in [7, 11) is 0. The molecule has 0 aliphatic heterocycles. The number of benzene rings is 1. The van der Waals surface area contributed by atoms with Gasteiger partial charge in [0.2, 0.25) is 0 Å². The van der Waals surface area contributed by atoms with Gasteiger partial charge in [0, 0.05) is 18.2 Å². The maximum Gasteiger partial charge on any atom is 0.260 e. The predicted molar refractivity (Wildman–Crippen MR) is 67.0 cm³/mol. The zero-order valence-electron chi connectivity index (χ0n) is 9.98. The molecule has 1 heterocycles. The molecule has 4 nitrogen and oxygen atoms in total. The lowest BCUT2D eigenvalue weighted by molar-refractivity contribution is -0.120. The third-order valence-corrected chi connectivity index (χ3v) is 2.50. The number of carbonyl (C=O) groups is 1. The van der Waals surface area contributed by atoms with E-state index >= 15 is 0 Å². The van der Waals surface area contributed by atoms with Crippen molar-refractivity contribution in [2.24, 2.45) is 0 Å². The third-order valence-electron chi connectivity index (χ3n) is 2.50. The maximum atomic E-state index is 13.7. The number of halogens is 1. The van der Waals surface area contributed by atoms with Gasteiger partial charge in [0.15, 0.2) is 12.0 Å². The van der Waals surface area contributed by atoms with Gasteiger partial charge in [-0.25, -0.2) is 4.39 Å². The number of alkyl halides is 1. The third kappa shape index (κ3) is 3.16. The molecule has 18 heavy (non-hydrogen) atoms. The number of aryl methyl sites for hydroxylation is 1. The van der Waals surface area contributed by atoms with Gasteiger partial charge >= 0.3 is 0 Å². The molecule has 1 unspecified atom stereocenters. The highest BCUT2D eigenvalue weighted by Crippen LogP contribution is 2.09. The number of nitrogens with one attached hydrogen (secondary N) is 2. The molecule has 0 bridgehead atoms. The Balaban J connectivity index is 1.93. The second-order valence-corrected chi connectivity index (χ2v) is 4.08. The highest BCUT2D eigenvalue weighted by atomic mass is 19.1. The van der Waals surface area contributed by atoms with Crippen molar-refractivity contribution >= 4 is 11.7 Å². The summed E-state index contributed by atoms with van der Waals surface area (Å²) < 4.78 is 13.7. The van der Waals surface area contributed by atoms with E-state index in [9.17, 15) is 9.18 Å². The van der Waals surface area contributed by atoms with Gasteiger partial charge in [-0.05, 0) is 12.5 Å². The molecular weight excluding hydrogens is 233 g/mol. The topological polar surface area (TPSA) is 57.8 Å². The van der Waals surface area contributed by atoms with Gasteiger partial charge in [0.05, 0.1) is 0 Å². The van der Waals surface area contributed by atoms with Gasteiger partial charge < -0.3 is 5.32 Å². The molecule has 0 saturated heterocycles. The largest absolute Gasteiger partial charge is 0.307 e. The standard InChI is InChI=1S/C13H14FN3O/c1-9-7-12(17-16-9)15-13(18)11(14)8-10-5-3-2-4-6-10/h2-7,11H,8H2,1H3,(H2,15,16,17,18). The number of aromatic amines is 1. The normalized spacial score (nSPS) is 12.1. The number of rotatable bonds is 4. The highest BCUT2D eigenvalue weighted by molar-refractivity contribution is 5.93. The lowest BCUT2D eigenvalue weighted by Gasteiger charge is -2.07. The summed E-state index contributed by atoms with van der Waals surface area (Å²) in [5.74, 6) is -0.335. The molecule has 0 saturated carbocycles. The van der Waals surface area contributed by atoms with Crippen LogP contribution in [0.5, 0.6) is 0 Å². The van der Waals surface area contributed by atoms with Crippen molar-refractivity contribution in [2.45, 2.75) is 19.5 Å². The molecule has 0 aliphatic rings. The van der Waals surface area contributed by atoms with Crippen molar-refractivity contribution in [3.05, 3.63) is 47.7 Å². The number of carbonyl (C=O) groups excluding carboxylic acids is 1. The zero-order valence-corrected chi connectivity index (χ0v) is 9.98. The molecule has 2 rings (SSSR count). The van der Waals surface area contributed by atoms with Crippen molar-refractivity contribution in [3.63, 3.8) is 0 Å².